The Morgan fingerprint density at radius 1 is 1.32 bits per heavy atom. The molecule has 120 valence electrons. The van der Waals surface area contributed by atoms with E-state index in [0.29, 0.717) is 16.6 Å². The molecule has 0 unspecified atom stereocenters. The average Bonchev–Trinajstić information content (AvgIpc) is 2.52. The van der Waals surface area contributed by atoms with Crippen LogP contribution in [-0.4, -0.2) is 50.2 Å². The number of rotatable bonds is 6. The van der Waals surface area contributed by atoms with Gasteiger partial charge in [0.15, 0.2) is 0 Å². The monoisotopic (exact) mass is 342 g/mol. The Labute approximate surface area is 141 Å². The molecule has 0 radical (unpaired) electrons. The van der Waals surface area contributed by atoms with Crippen LogP contribution in [0.5, 0.6) is 0 Å². The van der Waals surface area contributed by atoms with Gasteiger partial charge in [-0.1, -0.05) is 29.3 Å². The van der Waals surface area contributed by atoms with Gasteiger partial charge >= 0.3 is 0 Å². The minimum absolute atomic E-state index is 0.118. The summed E-state index contributed by atoms with van der Waals surface area (Å²) >= 11 is 11.9. The molecular weight excluding hydrogens is 323 g/mol. The van der Waals surface area contributed by atoms with Gasteiger partial charge in [0.25, 0.3) is 0 Å². The predicted octanol–water partition coefficient (Wildman–Crippen LogP) is 2.85. The summed E-state index contributed by atoms with van der Waals surface area (Å²) in [6.07, 6.45) is 4.11. The van der Waals surface area contributed by atoms with Gasteiger partial charge in [-0.05, 0) is 36.7 Å². The molecule has 1 aliphatic heterocycles. The lowest BCUT2D eigenvalue weighted by atomic mass is 10.2. The number of halogens is 2. The van der Waals surface area contributed by atoms with Crippen LogP contribution < -0.4 is 5.32 Å². The summed E-state index contributed by atoms with van der Waals surface area (Å²) in [6, 6.07) is 5.18. The molecule has 1 N–H and O–H groups in total. The lowest BCUT2D eigenvalue weighted by Crippen LogP contribution is -2.38. The molecular formula is C16H20Cl2N2O2. The van der Waals surface area contributed by atoms with Crippen molar-refractivity contribution in [2.75, 3.05) is 39.4 Å². The lowest BCUT2D eigenvalue weighted by Gasteiger charge is -2.26. The van der Waals surface area contributed by atoms with E-state index in [-0.39, 0.29) is 5.91 Å². The van der Waals surface area contributed by atoms with E-state index < -0.39 is 0 Å². The number of morpholine rings is 1. The van der Waals surface area contributed by atoms with E-state index in [1.165, 1.54) is 6.08 Å². The van der Waals surface area contributed by atoms with Gasteiger partial charge in [-0.25, -0.2) is 0 Å². The van der Waals surface area contributed by atoms with Crippen molar-refractivity contribution in [1.29, 1.82) is 0 Å². The normalized spacial score (nSPS) is 16.1. The maximum Gasteiger partial charge on any atom is 0.244 e. The zero-order chi connectivity index (χ0) is 15.8. The second-order valence-corrected chi connectivity index (χ2v) is 5.94. The molecule has 0 atom stereocenters. The van der Waals surface area contributed by atoms with Crippen LogP contribution in [0.3, 0.4) is 0 Å². The van der Waals surface area contributed by atoms with Gasteiger partial charge in [-0.15, -0.1) is 0 Å². The van der Waals surface area contributed by atoms with Crippen LogP contribution in [-0.2, 0) is 9.53 Å². The van der Waals surface area contributed by atoms with Crippen molar-refractivity contribution < 1.29 is 9.53 Å². The fourth-order valence-corrected chi connectivity index (χ4v) is 2.67. The molecule has 1 fully saturated rings. The molecule has 22 heavy (non-hydrogen) atoms. The van der Waals surface area contributed by atoms with Crippen molar-refractivity contribution in [2.24, 2.45) is 0 Å². The van der Waals surface area contributed by atoms with Crippen LogP contribution in [0.25, 0.3) is 6.08 Å². The fraction of sp³-hybridized carbons (Fsp3) is 0.438. The zero-order valence-electron chi connectivity index (χ0n) is 12.4. The lowest BCUT2D eigenvalue weighted by molar-refractivity contribution is -0.116. The Hall–Kier alpha value is -1.07. The SMILES string of the molecule is O=C(/C=C/c1ccc(Cl)cc1Cl)NCCCN1CCOCC1. The maximum atomic E-state index is 11.7. The molecule has 0 aromatic heterocycles. The van der Waals surface area contributed by atoms with Crippen molar-refractivity contribution in [3.63, 3.8) is 0 Å². The summed E-state index contributed by atoms with van der Waals surface area (Å²) in [6.45, 7) is 5.20. The second-order valence-electron chi connectivity index (χ2n) is 5.10. The summed E-state index contributed by atoms with van der Waals surface area (Å²) in [4.78, 5) is 14.1. The number of hydrogen-bond acceptors (Lipinski definition) is 3. The predicted molar refractivity (Wildman–Crippen MR) is 90.4 cm³/mol. The Kier molecular flexibility index (Phi) is 7.19. The highest BCUT2D eigenvalue weighted by Crippen LogP contribution is 2.21. The molecule has 0 aliphatic carbocycles. The standard InChI is InChI=1S/C16H20Cl2N2O2/c17-14-4-2-13(15(18)12-14)3-5-16(21)19-6-1-7-20-8-10-22-11-9-20/h2-5,12H,1,6-11H2,(H,19,21)/b5-3+. The van der Waals surface area contributed by atoms with Crippen LogP contribution in [0.15, 0.2) is 24.3 Å². The smallest absolute Gasteiger partial charge is 0.244 e. The third-order valence-electron chi connectivity index (χ3n) is 3.43. The third kappa shape index (κ3) is 5.97. The minimum Gasteiger partial charge on any atom is -0.379 e. The number of amides is 1. The van der Waals surface area contributed by atoms with Gasteiger partial charge in [0.1, 0.15) is 0 Å². The quantitative estimate of drug-likeness (QED) is 0.638. The highest BCUT2D eigenvalue weighted by atomic mass is 35.5. The van der Waals surface area contributed by atoms with E-state index >= 15 is 0 Å². The molecule has 4 nitrogen and oxygen atoms in total. The zero-order valence-corrected chi connectivity index (χ0v) is 13.9. The molecule has 6 heteroatoms. The summed E-state index contributed by atoms with van der Waals surface area (Å²) < 4.78 is 5.30. The minimum atomic E-state index is -0.118. The first-order chi connectivity index (χ1) is 10.6. The van der Waals surface area contributed by atoms with E-state index in [4.69, 9.17) is 27.9 Å². The number of carbonyl (C=O) groups is 1. The van der Waals surface area contributed by atoms with Gasteiger partial charge in [-0.2, -0.15) is 0 Å². The van der Waals surface area contributed by atoms with Crippen molar-refractivity contribution in [2.45, 2.75) is 6.42 Å². The van der Waals surface area contributed by atoms with E-state index in [9.17, 15) is 4.79 Å². The molecule has 1 heterocycles. The van der Waals surface area contributed by atoms with Crippen LogP contribution in [0.1, 0.15) is 12.0 Å². The third-order valence-corrected chi connectivity index (χ3v) is 3.99. The first-order valence-electron chi connectivity index (χ1n) is 7.36. The number of carbonyl (C=O) groups excluding carboxylic acids is 1. The van der Waals surface area contributed by atoms with Crippen LogP contribution >= 0.6 is 23.2 Å². The average molecular weight is 343 g/mol. The molecule has 1 aromatic carbocycles. The molecule has 1 amide bonds. The fourth-order valence-electron chi connectivity index (χ4n) is 2.20. The van der Waals surface area contributed by atoms with Gasteiger partial charge in [0.05, 0.1) is 13.2 Å². The molecule has 0 saturated carbocycles. The van der Waals surface area contributed by atoms with Crippen LogP contribution in [0.4, 0.5) is 0 Å². The van der Waals surface area contributed by atoms with Crippen molar-refractivity contribution in [1.82, 2.24) is 10.2 Å². The number of nitrogens with zero attached hydrogens (tertiary/aromatic N) is 1. The summed E-state index contributed by atoms with van der Waals surface area (Å²) in [5.41, 5.74) is 0.773. The molecule has 2 rings (SSSR count). The highest BCUT2D eigenvalue weighted by Gasteiger charge is 2.09. The maximum absolute atomic E-state index is 11.7. The first kappa shape index (κ1) is 17.3. The highest BCUT2D eigenvalue weighted by molar-refractivity contribution is 6.35. The van der Waals surface area contributed by atoms with Crippen LogP contribution in [0.2, 0.25) is 10.0 Å². The molecule has 1 aromatic rings. The Balaban J connectivity index is 1.67. The summed E-state index contributed by atoms with van der Waals surface area (Å²) in [7, 11) is 0. The number of hydrogen-bond donors (Lipinski definition) is 1. The summed E-state index contributed by atoms with van der Waals surface area (Å²) in [5, 5.41) is 3.98. The Bertz CT molecular complexity index is 529. The van der Waals surface area contributed by atoms with E-state index in [0.717, 1.165) is 44.8 Å². The Morgan fingerprint density at radius 2 is 2.09 bits per heavy atom. The number of benzene rings is 1. The van der Waals surface area contributed by atoms with Gasteiger partial charge in [-0.3, -0.25) is 9.69 Å². The van der Waals surface area contributed by atoms with Gasteiger partial charge in [0, 0.05) is 35.8 Å². The van der Waals surface area contributed by atoms with Gasteiger partial charge in [0.2, 0.25) is 5.91 Å². The summed E-state index contributed by atoms with van der Waals surface area (Å²) in [5.74, 6) is -0.118. The largest absolute Gasteiger partial charge is 0.379 e. The Morgan fingerprint density at radius 3 is 2.82 bits per heavy atom. The van der Waals surface area contributed by atoms with Crippen molar-refractivity contribution >= 4 is 35.2 Å². The number of ether oxygens (including phenoxy) is 1. The van der Waals surface area contributed by atoms with E-state index in [1.807, 2.05) is 0 Å². The van der Waals surface area contributed by atoms with Gasteiger partial charge < -0.3 is 10.1 Å². The number of nitrogens with one attached hydrogen (secondary N) is 1. The topological polar surface area (TPSA) is 41.6 Å². The van der Waals surface area contributed by atoms with Crippen molar-refractivity contribution in [3.05, 3.63) is 39.9 Å². The van der Waals surface area contributed by atoms with E-state index in [2.05, 4.69) is 10.2 Å². The second kappa shape index (κ2) is 9.16. The van der Waals surface area contributed by atoms with Crippen LogP contribution in [0, 0.1) is 0 Å². The first-order valence-corrected chi connectivity index (χ1v) is 8.12. The van der Waals surface area contributed by atoms with E-state index in [1.54, 1.807) is 24.3 Å². The molecule has 1 saturated heterocycles. The molecule has 0 bridgehead atoms. The molecule has 1 aliphatic rings. The molecule has 0 spiro atoms. The van der Waals surface area contributed by atoms with Crippen molar-refractivity contribution in [3.8, 4) is 0 Å².